The van der Waals surface area contributed by atoms with Crippen LogP contribution in [0.2, 0.25) is 0 Å². The highest BCUT2D eigenvalue weighted by atomic mass is 16.5. The highest BCUT2D eigenvalue weighted by molar-refractivity contribution is 5.77. The Hall–Kier alpha value is -1.55. The number of amides is 1. The van der Waals surface area contributed by atoms with E-state index in [0.29, 0.717) is 13.2 Å². The van der Waals surface area contributed by atoms with Crippen molar-refractivity contribution in [2.75, 3.05) is 32.2 Å². The number of hydrogen-bond donors (Lipinski definition) is 1. The Morgan fingerprint density at radius 2 is 2.11 bits per heavy atom. The van der Waals surface area contributed by atoms with Crippen LogP contribution in [0.4, 0.5) is 5.69 Å². The molecule has 18 heavy (non-hydrogen) atoms. The number of benzene rings is 1. The Balaban J connectivity index is 2.64. The van der Waals surface area contributed by atoms with Gasteiger partial charge in [-0.25, -0.2) is 0 Å². The van der Waals surface area contributed by atoms with Gasteiger partial charge in [0.25, 0.3) is 0 Å². The summed E-state index contributed by atoms with van der Waals surface area (Å²) in [5, 5.41) is 2.86. The molecule has 0 aliphatic carbocycles. The molecular formula is C14H22N2O2. The summed E-state index contributed by atoms with van der Waals surface area (Å²) in [6, 6.07) is 6.21. The van der Waals surface area contributed by atoms with Gasteiger partial charge in [0.1, 0.15) is 6.61 Å². The fraction of sp³-hybridized carbons (Fsp3) is 0.500. The molecule has 0 radical (unpaired) electrons. The number of nitrogens with zero attached hydrogens (tertiary/aromatic N) is 1. The van der Waals surface area contributed by atoms with Gasteiger partial charge in [0.2, 0.25) is 5.91 Å². The van der Waals surface area contributed by atoms with Gasteiger partial charge in [-0.05, 0) is 31.0 Å². The van der Waals surface area contributed by atoms with Crippen LogP contribution in [0.3, 0.4) is 0 Å². The predicted octanol–water partition coefficient (Wildman–Crippen LogP) is 1.71. The molecule has 0 bridgehead atoms. The summed E-state index contributed by atoms with van der Waals surface area (Å²) < 4.78 is 5.06. The molecule has 0 saturated heterocycles. The first-order chi connectivity index (χ1) is 8.54. The minimum atomic E-state index is -0.0814. The van der Waals surface area contributed by atoms with Crippen LogP contribution in [-0.2, 0) is 16.1 Å². The zero-order valence-electron chi connectivity index (χ0n) is 11.6. The summed E-state index contributed by atoms with van der Waals surface area (Å²) in [7, 11) is 4.00. The molecule has 0 atom stereocenters. The van der Waals surface area contributed by atoms with Crippen LogP contribution < -0.4 is 10.2 Å². The molecule has 0 aromatic heterocycles. The van der Waals surface area contributed by atoms with Gasteiger partial charge in [0.05, 0.1) is 0 Å². The number of carbonyl (C=O) groups excluding carboxylic acids is 1. The number of hydrogen-bond acceptors (Lipinski definition) is 3. The van der Waals surface area contributed by atoms with Crippen LogP contribution in [0.5, 0.6) is 0 Å². The van der Waals surface area contributed by atoms with Crippen molar-refractivity contribution in [2.24, 2.45) is 0 Å². The predicted molar refractivity (Wildman–Crippen MR) is 73.8 cm³/mol. The maximum atomic E-state index is 11.5. The minimum absolute atomic E-state index is 0.0814. The van der Waals surface area contributed by atoms with Gasteiger partial charge in [-0.2, -0.15) is 0 Å². The lowest BCUT2D eigenvalue weighted by atomic mass is 10.1. The van der Waals surface area contributed by atoms with E-state index in [1.54, 1.807) is 0 Å². The smallest absolute Gasteiger partial charge is 0.246 e. The number of aryl methyl sites for hydroxylation is 1. The molecule has 1 aromatic carbocycles. The van der Waals surface area contributed by atoms with Crippen LogP contribution >= 0.6 is 0 Å². The first-order valence-corrected chi connectivity index (χ1v) is 6.16. The van der Waals surface area contributed by atoms with Gasteiger partial charge in [0, 0.05) is 32.9 Å². The molecular weight excluding hydrogens is 228 g/mol. The third kappa shape index (κ3) is 4.37. The highest BCUT2D eigenvalue weighted by Crippen LogP contribution is 2.19. The van der Waals surface area contributed by atoms with E-state index in [1.807, 2.05) is 27.1 Å². The van der Waals surface area contributed by atoms with Crippen LogP contribution in [0, 0.1) is 6.92 Å². The monoisotopic (exact) mass is 250 g/mol. The third-order valence-electron chi connectivity index (χ3n) is 2.64. The van der Waals surface area contributed by atoms with Crippen molar-refractivity contribution >= 4 is 11.6 Å². The van der Waals surface area contributed by atoms with Gasteiger partial charge in [0.15, 0.2) is 0 Å². The van der Waals surface area contributed by atoms with Crippen LogP contribution in [0.25, 0.3) is 0 Å². The fourth-order valence-corrected chi connectivity index (χ4v) is 1.68. The normalized spacial score (nSPS) is 10.2. The van der Waals surface area contributed by atoms with Gasteiger partial charge < -0.3 is 15.0 Å². The van der Waals surface area contributed by atoms with Crippen molar-refractivity contribution in [3.8, 4) is 0 Å². The van der Waals surface area contributed by atoms with Gasteiger partial charge in [-0.1, -0.05) is 12.1 Å². The van der Waals surface area contributed by atoms with Gasteiger partial charge >= 0.3 is 0 Å². The first kappa shape index (κ1) is 14.5. The standard InChI is InChI=1S/C14H22N2O2/c1-5-18-10-14(17)15-9-12-7-6-11(2)8-13(12)16(3)4/h6-8H,5,9-10H2,1-4H3,(H,15,17). The molecule has 1 amide bonds. The van der Waals surface area contributed by atoms with E-state index >= 15 is 0 Å². The van der Waals surface area contributed by atoms with Crippen molar-refractivity contribution in [3.05, 3.63) is 29.3 Å². The number of anilines is 1. The Morgan fingerprint density at radius 3 is 2.72 bits per heavy atom. The Kier molecular flexibility index (Phi) is 5.65. The lowest BCUT2D eigenvalue weighted by Gasteiger charge is -2.18. The van der Waals surface area contributed by atoms with Crippen LogP contribution in [-0.4, -0.2) is 33.2 Å². The Labute approximate surface area is 109 Å². The van der Waals surface area contributed by atoms with Crippen molar-refractivity contribution in [3.63, 3.8) is 0 Å². The maximum absolute atomic E-state index is 11.5. The number of rotatable bonds is 6. The second-order valence-corrected chi connectivity index (χ2v) is 4.44. The second kappa shape index (κ2) is 7.01. The molecule has 0 fully saturated rings. The van der Waals surface area contributed by atoms with Crippen molar-refractivity contribution in [1.29, 1.82) is 0 Å². The molecule has 4 heteroatoms. The van der Waals surface area contributed by atoms with Gasteiger partial charge in [-0.15, -0.1) is 0 Å². The Bertz CT molecular complexity index is 403. The first-order valence-electron chi connectivity index (χ1n) is 6.16. The molecule has 100 valence electrons. The Morgan fingerprint density at radius 1 is 1.39 bits per heavy atom. The van der Waals surface area contributed by atoms with Gasteiger partial charge in [-0.3, -0.25) is 4.79 Å². The summed E-state index contributed by atoms with van der Waals surface area (Å²) in [4.78, 5) is 13.5. The number of carbonyl (C=O) groups is 1. The van der Waals surface area contributed by atoms with Crippen LogP contribution in [0.1, 0.15) is 18.1 Å². The van der Waals surface area contributed by atoms with E-state index in [0.717, 1.165) is 11.3 Å². The van der Waals surface area contributed by atoms with E-state index in [9.17, 15) is 4.79 Å². The molecule has 0 unspecified atom stereocenters. The maximum Gasteiger partial charge on any atom is 0.246 e. The van der Waals surface area contributed by atoms with E-state index in [1.165, 1.54) is 5.56 Å². The topological polar surface area (TPSA) is 41.6 Å². The summed E-state index contributed by atoms with van der Waals surface area (Å²) >= 11 is 0. The lowest BCUT2D eigenvalue weighted by molar-refractivity contribution is -0.125. The number of ether oxygens (including phenoxy) is 1. The summed E-state index contributed by atoms with van der Waals surface area (Å²) in [6.45, 7) is 5.14. The van der Waals surface area contributed by atoms with Crippen molar-refractivity contribution in [2.45, 2.75) is 20.4 Å². The fourth-order valence-electron chi connectivity index (χ4n) is 1.68. The average Bonchev–Trinajstić information content (AvgIpc) is 2.34. The van der Waals surface area contributed by atoms with E-state index in [-0.39, 0.29) is 12.5 Å². The molecule has 0 aliphatic heterocycles. The largest absolute Gasteiger partial charge is 0.377 e. The molecule has 1 rings (SSSR count). The van der Waals surface area contributed by atoms with Crippen molar-refractivity contribution in [1.82, 2.24) is 5.32 Å². The van der Waals surface area contributed by atoms with E-state index in [4.69, 9.17) is 4.74 Å². The second-order valence-electron chi connectivity index (χ2n) is 4.44. The SMILES string of the molecule is CCOCC(=O)NCc1ccc(C)cc1N(C)C. The summed E-state index contributed by atoms with van der Waals surface area (Å²) in [5.74, 6) is -0.0814. The molecule has 1 N–H and O–H groups in total. The molecule has 0 heterocycles. The quantitative estimate of drug-likeness (QED) is 0.835. The molecule has 0 spiro atoms. The zero-order chi connectivity index (χ0) is 13.5. The minimum Gasteiger partial charge on any atom is -0.377 e. The lowest BCUT2D eigenvalue weighted by Crippen LogP contribution is -2.28. The number of nitrogens with one attached hydrogen (secondary N) is 1. The molecule has 4 nitrogen and oxygen atoms in total. The summed E-state index contributed by atoms with van der Waals surface area (Å²) in [5.41, 5.74) is 3.45. The highest BCUT2D eigenvalue weighted by Gasteiger charge is 2.07. The molecule has 1 aromatic rings. The zero-order valence-corrected chi connectivity index (χ0v) is 11.6. The third-order valence-corrected chi connectivity index (χ3v) is 2.64. The van der Waals surface area contributed by atoms with E-state index < -0.39 is 0 Å². The molecule has 0 aliphatic rings. The average molecular weight is 250 g/mol. The summed E-state index contributed by atoms with van der Waals surface area (Å²) in [6.07, 6.45) is 0. The molecule has 0 saturated carbocycles. The van der Waals surface area contributed by atoms with E-state index in [2.05, 4.69) is 29.3 Å². The van der Waals surface area contributed by atoms with Crippen molar-refractivity contribution < 1.29 is 9.53 Å². The van der Waals surface area contributed by atoms with Crippen LogP contribution in [0.15, 0.2) is 18.2 Å².